The topological polar surface area (TPSA) is 50.8 Å². The van der Waals surface area contributed by atoms with Gasteiger partial charge in [0.15, 0.2) is 0 Å². The molecule has 1 aliphatic rings. The maximum Gasteiger partial charge on any atom is 0.251 e. The molecule has 1 saturated heterocycles. The molecule has 1 N–H and O–H groups in total. The molecule has 0 radical (unpaired) electrons. The fourth-order valence-electron chi connectivity index (χ4n) is 2.35. The van der Waals surface area contributed by atoms with Gasteiger partial charge in [0, 0.05) is 51.0 Å². The zero-order valence-corrected chi connectivity index (χ0v) is 13.5. The number of carbonyl (C=O) groups excluding carboxylic acids is 1. The molecule has 1 atom stereocenters. The SMILES string of the molecule is CN(C)c1ccc(C(=O)NCCCOC[C@@H]2CCOC2)cc1. The Kier molecular flexibility index (Phi) is 6.68. The van der Waals surface area contributed by atoms with Crippen molar-refractivity contribution in [3.8, 4) is 0 Å². The lowest BCUT2D eigenvalue weighted by molar-refractivity contribution is 0.0853. The Morgan fingerprint density at radius 3 is 2.77 bits per heavy atom. The minimum absolute atomic E-state index is 0.0329. The van der Waals surface area contributed by atoms with Gasteiger partial charge < -0.3 is 19.7 Å². The number of hydrogen-bond acceptors (Lipinski definition) is 4. The third-order valence-corrected chi connectivity index (χ3v) is 3.77. The molecule has 0 bridgehead atoms. The number of hydrogen-bond donors (Lipinski definition) is 1. The number of benzene rings is 1. The molecule has 1 aromatic carbocycles. The van der Waals surface area contributed by atoms with Crippen LogP contribution in [-0.4, -0.2) is 53.0 Å². The Morgan fingerprint density at radius 1 is 1.36 bits per heavy atom. The van der Waals surface area contributed by atoms with Gasteiger partial charge >= 0.3 is 0 Å². The summed E-state index contributed by atoms with van der Waals surface area (Å²) in [5, 5.41) is 2.92. The number of amides is 1. The van der Waals surface area contributed by atoms with E-state index in [0.29, 0.717) is 24.6 Å². The first-order chi connectivity index (χ1) is 10.7. The Labute approximate surface area is 132 Å². The van der Waals surface area contributed by atoms with Crippen molar-refractivity contribution in [2.45, 2.75) is 12.8 Å². The standard InChI is InChI=1S/C17H26N2O3/c1-19(2)16-6-4-15(5-7-16)17(20)18-9-3-10-21-12-14-8-11-22-13-14/h4-7,14H,3,8-13H2,1-2H3,(H,18,20)/t14-/m0/s1. The maximum absolute atomic E-state index is 12.0. The van der Waals surface area contributed by atoms with Gasteiger partial charge in [0.25, 0.3) is 5.91 Å². The molecule has 0 aromatic heterocycles. The molecule has 22 heavy (non-hydrogen) atoms. The van der Waals surface area contributed by atoms with Crippen LogP contribution in [0.25, 0.3) is 0 Å². The van der Waals surface area contributed by atoms with Gasteiger partial charge in [0.1, 0.15) is 0 Å². The lowest BCUT2D eigenvalue weighted by atomic mass is 10.1. The van der Waals surface area contributed by atoms with Crippen molar-refractivity contribution in [1.82, 2.24) is 5.32 Å². The lowest BCUT2D eigenvalue weighted by Gasteiger charge is -2.12. The molecular formula is C17H26N2O3. The predicted octanol–water partition coefficient (Wildman–Crippen LogP) is 1.93. The number of ether oxygens (including phenoxy) is 2. The van der Waals surface area contributed by atoms with Crippen LogP contribution in [0.2, 0.25) is 0 Å². The summed E-state index contributed by atoms with van der Waals surface area (Å²) in [6, 6.07) is 7.59. The van der Waals surface area contributed by atoms with E-state index in [1.54, 1.807) is 0 Å². The number of nitrogens with one attached hydrogen (secondary N) is 1. The Morgan fingerprint density at radius 2 is 2.14 bits per heavy atom. The van der Waals surface area contributed by atoms with Gasteiger partial charge in [-0.3, -0.25) is 4.79 Å². The smallest absolute Gasteiger partial charge is 0.251 e. The lowest BCUT2D eigenvalue weighted by Crippen LogP contribution is -2.25. The normalized spacial score (nSPS) is 17.5. The average Bonchev–Trinajstić information content (AvgIpc) is 3.04. The molecule has 0 spiro atoms. The summed E-state index contributed by atoms with van der Waals surface area (Å²) in [6.45, 7) is 3.75. The number of nitrogens with zero attached hydrogens (tertiary/aromatic N) is 1. The van der Waals surface area contributed by atoms with Crippen LogP contribution in [0, 0.1) is 5.92 Å². The van der Waals surface area contributed by atoms with E-state index in [0.717, 1.165) is 38.3 Å². The number of carbonyl (C=O) groups is 1. The van der Waals surface area contributed by atoms with Crippen molar-refractivity contribution in [3.63, 3.8) is 0 Å². The zero-order valence-electron chi connectivity index (χ0n) is 13.5. The average molecular weight is 306 g/mol. The van der Waals surface area contributed by atoms with Crippen LogP contribution in [0.5, 0.6) is 0 Å². The van der Waals surface area contributed by atoms with Crippen LogP contribution in [0.3, 0.4) is 0 Å². The van der Waals surface area contributed by atoms with E-state index in [2.05, 4.69) is 5.32 Å². The summed E-state index contributed by atoms with van der Waals surface area (Å²) in [7, 11) is 3.96. The summed E-state index contributed by atoms with van der Waals surface area (Å²) < 4.78 is 10.9. The second-order valence-corrected chi connectivity index (χ2v) is 5.86. The third-order valence-electron chi connectivity index (χ3n) is 3.77. The van der Waals surface area contributed by atoms with Crippen molar-refractivity contribution >= 4 is 11.6 Å². The fourth-order valence-corrected chi connectivity index (χ4v) is 2.35. The third kappa shape index (κ3) is 5.31. The van der Waals surface area contributed by atoms with Crippen molar-refractivity contribution in [1.29, 1.82) is 0 Å². The van der Waals surface area contributed by atoms with E-state index in [9.17, 15) is 4.79 Å². The second kappa shape index (κ2) is 8.76. The van der Waals surface area contributed by atoms with Gasteiger partial charge in [0.05, 0.1) is 13.2 Å². The van der Waals surface area contributed by atoms with Crippen molar-refractivity contribution in [3.05, 3.63) is 29.8 Å². The molecule has 5 nitrogen and oxygen atoms in total. The van der Waals surface area contributed by atoms with E-state index >= 15 is 0 Å². The monoisotopic (exact) mass is 306 g/mol. The van der Waals surface area contributed by atoms with E-state index < -0.39 is 0 Å². The highest BCUT2D eigenvalue weighted by Crippen LogP contribution is 2.13. The second-order valence-electron chi connectivity index (χ2n) is 5.86. The molecule has 2 rings (SSSR count). The molecule has 122 valence electrons. The van der Waals surface area contributed by atoms with Crippen LogP contribution in [0.1, 0.15) is 23.2 Å². The molecule has 1 aromatic rings. The predicted molar refractivity (Wildman–Crippen MR) is 87.5 cm³/mol. The van der Waals surface area contributed by atoms with Crippen LogP contribution in [0.15, 0.2) is 24.3 Å². The molecule has 0 saturated carbocycles. The summed E-state index contributed by atoms with van der Waals surface area (Å²) >= 11 is 0. The molecule has 0 unspecified atom stereocenters. The molecule has 0 aliphatic carbocycles. The first kappa shape index (κ1) is 16.8. The summed E-state index contributed by atoms with van der Waals surface area (Å²) in [5.41, 5.74) is 1.77. The number of rotatable bonds is 8. The van der Waals surface area contributed by atoms with Gasteiger partial charge in [0.2, 0.25) is 0 Å². The first-order valence-corrected chi connectivity index (χ1v) is 7.88. The highest BCUT2D eigenvalue weighted by atomic mass is 16.5. The van der Waals surface area contributed by atoms with Gasteiger partial charge in [-0.15, -0.1) is 0 Å². The van der Waals surface area contributed by atoms with Gasteiger partial charge in [-0.05, 0) is 37.1 Å². The molecule has 1 heterocycles. The molecule has 1 fully saturated rings. The maximum atomic E-state index is 12.0. The van der Waals surface area contributed by atoms with E-state index in [4.69, 9.17) is 9.47 Å². The summed E-state index contributed by atoms with van der Waals surface area (Å²) in [6.07, 6.45) is 1.93. The van der Waals surface area contributed by atoms with E-state index in [1.807, 2.05) is 43.3 Å². The van der Waals surface area contributed by atoms with Crippen LogP contribution in [-0.2, 0) is 9.47 Å². The minimum Gasteiger partial charge on any atom is -0.381 e. The van der Waals surface area contributed by atoms with Crippen LogP contribution < -0.4 is 10.2 Å². The minimum atomic E-state index is -0.0329. The molecule has 1 amide bonds. The summed E-state index contributed by atoms with van der Waals surface area (Å²) in [4.78, 5) is 14.0. The Bertz CT molecular complexity index is 453. The van der Waals surface area contributed by atoms with Crippen LogP contribution >= 0.6 is 0 Å². The van der Waals surface area contributed by atoms with E-state index in [1.165, 1.54) is 0 Å². The quantitative estimate of drug-likeness (QED) is 0.746. The molecular weight excluding hydrogens is 280 g/mol. The van der Waals surface area contributed by atoms with E-state index in [-0.39, 0.29) is 5.91 Å². The van der Waals surface area contributed by atoms with Crippen molar-refractivity contribution in [2.75, 3.05) is 52.0 Å². The Hall–Kier alpha value is -1.59. The Balaban J connectivity index is 1.58. The highest BCUT2D eigenvalue weighted by molar-refractivity contribution is 5.94. The number of anilines is 1. The molecule has 1 aliphatic heterocycles. The summed E-state index contributed by atoms with van der Waals surface area (Å²) in [5.74, 6) is 0.513. The van der Waals surface area contributed by atoms with Crippen molar-refractivity contribution < 1.29 is 14.3 Å². The highest BCUT2D eigenvalue weighted by Gasteiger charge is 2.15. The van der Waals surface area contributed by atoms with Gasteiger partial charge in [-0.2, -0.15) is 0 Å². The largest absolute Gasteiger partial charge is 0.381 e. The molecule has 5 heteroatoms. The zero-order chi connectivity index (χ0) is 15.8. The first-order valence-electron chi connectivity index (χ1n) is 7.88. The van der Waals surface area contributed by atoms with Gasteiger partial charge in [-0.25, -0.2) is 0 Å². The fraction of sp³-hybridized carbons (Fsp3) is 0.588. The van der Waals surface area contributed by atoms with Crippen molar-refractivity contribution in [2.24, 2.45) is 5.92 Å². The van der Waals surface area contributed by atoms with Crippen LogP contribution in [0.4, 0.5) is 5.69 Å². The van der Waals surface area contributed by atoms with Gasteiger partial charge in [-0.1, -0.05) is 0 Å².